The van der Waals surface area contributed by atoms with Crippen LogP contribution >= 0.6 is 0 Å². The fraction of sp³-hybridized carbons (Fsp3) is 0.750. The van der Waals surface area contributed by atoms with E-state index in [2.05, 4.69) is 38.1 Å². The predicted octanol–water partition coefficient (Wildman–Crippen LogP) is 7.21. The van der Waals surface area contributed by atoms with Gasteiger partial charge in [0.15, 0.2) is 0 Å². The van der Waals surface area contributed by atoms with E-state index in [1.54, 1.807) is 7.11 Å². The van der Waals surface area contributed by atoms with E-state index in [4.69, 9.17) is 4.74 Å². The summed E-state index contributed by atoms with van der Waals surface area (Å²) in [6.07, 6.45) is 14.5. The Balaban J connectivity index is 1.42. The van der Waals surface area contributed by atoms with Crippen LogP contribution in [0.25, 0.3) is 0 Å². The molecule has 3 rings (SSSR count). The van der Waals surface area contributed by atoms with Crippen molar-refractivity contribution in [3.8, 4) is 5.75 Å². The minimum Gasteiger partial charge on any atom is -0.497 e. The molecule has 1 unspecified atom stereocenters. The number of methoxy groups -OCH3 is 1. The minimum absolute atomic E-state index is 0.775. The normalized spacial score (nSPS) is 31.5. The Kier molecular flexibility index (Phi) is 6.84. The molecule has 0 aliphatic heterocycles. The van der Waals surface area contributed by atoms with Gasteiger partial charge in [-0.25, -0.2) is 0 Å². The van der Waals surface area contributed by atoms with Crippen LogP contribution in [0.15, 0.2) is 24.3 Å². The number of hydrogen-bond acceptors (Lipinski definition) is 1. The first kappa shape index (κ1) is 18.8. The van der Waals surface area contributed by atoms with E-state index in [0.29, 0.717) is 0 Å². The zero-order chi connectivity index (χ0) is 17.6. The zero-order valence-corrected chi connectivity index (χ0v) is 16.7. The molecular weight excluding hydrogens is 304 g/mol. The van der Waals surface area contributed by atoms with Gasteiger partial charge in [-0.3, -0.25) is 0 Å². The van der Waals surface area contributed by atoms with Gasteiger partial charge in [0.05, 0.1) is 7.11 Å². The monoisotopic (exact) mass is 342 g/mol. The van der Waals surface area contributed by atoms with E-state index < -0.39 is 0 Å². The van der Waals surface area contributed by atoms with Crippen LogP contribution in [0.3, 0.4) is 0 Å². The van der Waals surface area contributed by atoms with Crippen molar-refractivity contribution in [3.63, 3.8) is 0 Å². The molecule has 0 N–H and O–H groups in total. The van der Waals surface area contributed by atoms with Crippen LogP contribution in [-0.4, -0.2) is 7.11 Å². The summed E-state index contributed by atoms with van der Waals surface area (Å²) >= 11 is 0. The Morgan fingerprint density at radius 2 is 1.48 bits per heavy atom. The fourth-order valence-electron chi connectivity index (χ4n) is 5.49. The molecular formula is C24H38O. The van der Waals surface area contributed by atoms with E-state index in [1.807, 2.05) is 0 Å². The number of hydrogen-bond donors (Lipinski definition) is 0. The first-order valence-electron chi connectivity index (χ1n) is 10.8. The summed E-state index contributed by atoms with van der Waals surface area (Å²) in [5, 5.41) is 0. The molecule has 1 atom stereocenters. The lowest BCUT2D eigenvalue weighted by Gasteiger charge is -2.35. The molecule has 2 aliphatic carbocycles. The predicted molar refractivity (Wildman–Crippen MR) is 107 cm³/mol. The van der Waals surface area contributed by atoms with E-state index in [9.17, 15) is 0 Å². The Labute approximate surface area is 155 Å². The fourth-order valence-corrected chi connectivity index (χ4v) is 5.49. The average Bonchev–Trinajstić information content (AvgIpc) is 2.68. The van der Waals surface area contributed by atoms with Crippen molar-refractivity contribution in [3.05, 3.63) is 29.8 Å². The van der Waals surface area contributed by atoms with Crippen LogP contribution in [0.2, 0.25) is 0 Å². The molecule has 0 aromatic heterocycles. The maximum absolute atomic E-state index is 5.29. The molecule has 0 radical (unpaired) electrons. The van der Waals surface area contributed by atoms with Crippen molar-refractivity contribution in [2.24, 2.45) is 23.7 Å². The number of ether oxygens (including phenoxy) is 1. The van der Waals surface area contributed by atoms with E-state index in [0.717, 1.165) is 35.3 Å². The van der Waals surface area contributed by atoms with Gasteiger partial charge in [0.25, 0.3) is 0 Å². The summed E-state index contributed by atoms with van der Waals surface area (Å²) in [4.78, 5) is 0. The summed E-state index contributed by atoms with van der Waals surface area (Å²) < 4.78 is 5.29. The summed E-state index contributed by atoms with van der Waals surface area (Å²) in [6, 6.07) is 8.80. The molecule has 1 aromatic carbocycles. The number of benzene rings is 1. The van der Waals surface area contributed by atoms with Crippen LogP contribution in [0, 0.1) is 23.7 Å². The Bertz CT molecular complexity index is 489. The highest BCUT2D eigenvalue weighted by atomic mass is 16.5. The molecule has 2 aliphatic rings. The highest BCUT2D eigenvalue weighted by Crippen LogP contribution is 2.42. The Morgan fingerprint density at radius 3 is 2.04 bits per heavy atom. The topological polar surface area (TPSA) is 9.23 Å². The smallest absolute Gasteiger partial charge is 0.118 e. The zero-order valence-electron chi connectivity index (χ0n) is 16.7. The summed E-state index contributed by atoms with van der Waals surface area (Å²) in [5.74, 6) is 5.72. The largest absolute Gasteiger partial charge is 0.497 e. The standard InChI is InChI=1S/C24H38O/c1-4-19-5-9-21(10-6-19)18(2)17-20-7-11-22(12-8-20)23-13-15-24(25-3)16-14-23/h13-16,18-22H,4-12,17H2,1-3H3. The average molecular weight is 343 g/mol. The van der Waals surface area contributed by atoms with Gasteiger partial charge in [-0.1, -0.05) is 45.2 Å². The molecule has 0 heterocycles. The quantitative estimate of drug-likeness (QED) is 0.530. The van der Waals surface area contributed by atoms with Crippen molar-refractivity contribution < 1.29 is 4.74 Å². The molecule has 2 saturated carbocycles. The third-order valence-corrected chi connectivity index (χ3v) is 7.41. The van der Waals surface area contributed by atoms with Gasteiger partial charge >= 0.3 is 0 Å². The second kappa shape index (κ2) is 9.10. The first-order valence-corrected chi connectivity index (χ1v) is 10.8. The van der Waals surface area contributed by atoms with Crippen LogP contribution in [-0.2, 0) is 0 Å². The van der Waals surface area contributed by atoms with Gasteiger partial charge in [0, 0.05) is 0 Å². The summed E-state index contributed by atoms with van der Waals surface area (Å²) in [6.45, 7) is 4.92. The molecule has 1 heteroatoms. The van der Waals surface area contributed by atoms with Crippen LogP contribution < -0.4 is 4.74 Å². The molecule has 0 amide bonds. The van der Waals surface area contributed by atoms with Gasteiger partial charge in [0.1, 0.15) is 5.75 Å². The first-order chi connectivity index (χ1) is 12.2. The van der Waals surface area contributed by atoms with Gasteiger partial charge in [-0.05, 0) is 92.2 Å². The lowest BCUT2D eigenvalue weighted by Crippen LogP contribution is -2.23. The highest BCUT2D eigenvalue weighted by Gasteiger charge is 2.28. The van der Waals surface area contributed by atoms with E-state index >= 15 is 0 Å². The van der Waals surface area contributed by atoms with E-state index in [-0.39, 0.29) is 0 Å². The molecule has 1 nitrogen and oxygen atoms in total. The second-order valence-corrected chi connectivity index (χ2v) is 8.89. The third kappa shape index (κ3) is 5.02. The molecule has 25 heavy (non-hydrogen) atoms. The molecule has 1 aromatic rings. The van der Waals surface area contributed by atoms with Gasteiger partial charge in [-0.2, -0.15) is 0 Å². The summed E-state index contributed by atoms with van der Waals surface area (Å²) in [5.41, 5.74) is 1.52. The highest BCUT2D eigenvalue weighted by molar-refractivity contribution is 5.29. The van der Waals surface area contributed by atoms with Crippen molar-refractivity contribution >= 4 is 0 Å². The van der Waals surface area contributed by atoms with Gasteiger partial charge < -0.3 is 4.74 Å². The maximum Gasteiger partial charge on any atom is 0.118 e. The third-order valence-electron chi connectivity index (χ3n) is 7.41. The Hall–Kier alpha value is -0.980. The SMILES string of the molecule is CCC1CCC(C(C)CC2CCC(c3ccc(OC)cc3)CC2)CC1. The van der Waals surface area contributed by atoms with Crippen LogP contribution in [0.5, 0.6) is 5.75 Å². The molecule has 140 valence electrons. The van der Waals surface area contributed by atoms with Crippen LogP contribution in [0.1, 0.15) is 89.5 Å². The Morgan fingerprint density at radius 1 is 0.880 bits per heavy atom. The molecule has 0 saturated heterocycles. The van der Waals surface area contributed by atoms with Crippen LogP contribution in [0.4, 0.5) is 0 Å². The molecule has 0 spiro atoms. The maximum atomic E-state index is 5.29. The minimum atomic E-state index is 0.775. The molecule has 2 fully saturated rings. The number of rotatable bonds is 6. The van der Waals surface area contributed by atoms with Gasteiger partial charge in [0.2, 0.25) is 0 Å². The second-order valence-electron chi connectivity index (χ2n) is 8.89. The van der Waals surface area contributed by atoms with Crippen molar-refractivity contribution in [1.29, 1.82) is 0 Å². The lowest BCUT2D eigenvalue weighted by molar-refractivity contribution is 0.172. The van der Waals surface area contributed by atoms with E-state index in [1.165, 1.54) is 69.8 Å². The van der Waals surface area contributed by atoms with Gasteiger partial charge in [-0.15, -0.1) is 0 Å². The summed E-state index contributed by atoms with van der Waals surface area (Å²) in [7, 11) is 1.75. The molecule has 0 bridgehead atoms. The van der Waals surface area contributed by atoms with Crippen molar-refractivity contribution in [2.45, 2.75) is 84.0 Å². The van der Waals surface area contributed by atoms with Crippen molar-refractivity contribution in [1.82, 2.24) is 0 Å². The van der Waals surface area contributed by atoms with Crippen molar-refractivity contribution in [2.75, 3.05) is 7.11 Å². The lowest BCUT2D eigenvalue weighted by atomic mass is 9.70.